The third kappa shape index (κ3) is 4.06. The van der Waals surface area contributed by atoms with E-state index < -0.39 is 6.10 Å². The van der Waals surface area contributed by atoms with Crippen LogP contribution in [0.15, 0.2) is 48.5 Å². The highest BCUT2D eigenvalue weighted by Crippen LogP contribution is 2.23. The zero-order chi connectivity index (χ0) is 16.9. The van der Waals surface area contributed by atoms with Crippen LogP contribution in [0, 0.1) is 6.92 Å². The predicted octanol–water partition coefficient (Wildman–Crippen LogP) is 3.17. The van der Waals surface area contributed by atoms with Gasteiger partial charge in [0.25, 0.3) is 0 Å². The maximum atomic E-state index is 12.2. The molecule has 0 spiro atoms. The lowest BCUT2D eigenvalue weighted by molar-refractivity contribution is 0.176. The smallest absolute Gasteiger partial charge is 0.321 e. The van der Waals surface area contributed by atoms with E-state index in [1.807, 2.05) is 55.5 Å². The molecule has 1 aliphatic rings. The van der Waals surface area contributed by atoms with Crippen molar-refractivity contribution in [3.05, 3.63) is 59.7 Å². The number of aliphatic hydroxyl groups excluding tert-OH is 1. The molecule has 2 amide bonds. The third-order valence-corrected chi connectivity index (χ3v) is 4.14. The van der Waals surface area contributed by atoms with Gasteiger partial charge in [-0.15, -0.1) is 0 Å². The van der Waals surface area contributed by atoms with Crippen LogP contribution in [0.5, 0.6) is 5.75 Å². The third-order valence-electron chi connectivity index (χ3n) is 4.14. The van der Waals surface area contributed by atoms with Crippen LogP contribution in [0.3, 0.4) is 0 Å². The van der Waals surface area contributed by atoms with Gasteiger partial charge >= 0.3 is 6.03 Å². The van der Waals surface area contributed by atoms with Gasteiger partial charge in [0.2, 0.25) is 0 Å². The van der Waals surface area contributed by atoms with Crippen molar-refractivity contribution in [3.63, 3.8) is 0 Å². The standard InChI is InChI=1S/C19H22N2O3/c1-14-11-17(24-13-15-5-3-2-4-6-15)7-8-18(14)20-19(23)21-10-9-16(22)12-21/h2-8,11,16,22H,9-10,12-13H2,1H3,(H,20,23)/t16-/m0/s1. The average Bonchev–Trinajstić information content (AvgIpc) is 3.03. The maximum absolute atomic E-state index is 12.2. The van der Waals surface area contributed by atoms with Crippen LogP contribution in [-0.4, -0.2) is 35.2 Å². The molecule has 2 aromatic rings. The van der Waals surface area contributed by atoms with Crippen LogP contribution in [0.4, 0.5) is 10.5 Å². The molecule has 1 fully saturated rings. The number of hydrogen-bond acceptors (Lipinski definition) is 3. The van der Waals surface area contributed by atoms with Crippen molar-refractivity contribution in [3.8, 4) is 5.75 Å². The molecular formula is C19H22N2O3. The van der Waals surface area contributed by atoms with Crippen LogP contribution in [-0.2, 0) is 6.61 Å². The molecule has 126 valence electrons. The van der Waals surface area contributed by atoms with Crippen molar-refractivity contribution in [1.82, 2.24) is 4.90 Å². The SMILES string of the molecule is Cc1cc(OCc2ccccc2)ccc1NC(=O)N1CC[C@H](O)C1. The molecule has 1 atom stereocenters. The molecule has 0 saturated carbocycles. The van der Waals surface area contributed by atoms with Crippen molar-refractivity contribution in [2.45, 2.75) is 26.1 Å². The minimum Gasteiger partial charge on any atom is -0.489 e. The number of hydrogen-bond donors (Lipinski definition) is 2. The van der Waals surface area contributed by atoms with Crippen molar-refractivity contribution in [1.29, 1.82) is 0 Å². The van der Waals surface area contributed by atoms with Crippen LogP contribution in [0.2, 0.25) is 0 Å². The van der Waals surface area contributed by atoms with E-state index in [9.17, 15) is 9.90 Å². The monoisotopic (exact) mass is 326 g/mol. The first-order chi connectivity index (χ1) is 11.6. The van der Waals surface area contributed by atoms with Crippen LogP contribution in [0.1, 0.15) is 17.5 Å². The maximum Gasteiger partial charge on any atom is 0.321 e. The van der Waals surface area contributed by atoms with Crippen molar-refractivity contribution in [2.75, 3.05) is 18.4 Å². The first-order valence-corrected chi connectivity index (χ1v) is 8.13. The highest BCUT2D eigenvalue weighted by atomic mass is 16.5. The fourth-order valence-corrected chi connectivity index (χ4v) is 2.73. The Labute approximate surface area is 141 Å². The zero-order valence-electron chi connectivity index (χ0n) is 13.7. The molecule has 24 heavy (non-hydrogen) atoms. The number of carbonyl (C=O) groups is 1. The fourth-order valence-electron chi connectivity index (χ4n) is 2.73. The van der Waals surface area contributed by atoms with Gasteiger partial charge in [-0.05, 0) is 42.7 Å². The Balaban J connectivity index is 1.59. The molecule has 0 unspecified atom stereocenters. The summed E-state index contributed by atoms with van der Waals surface area (Å²) >= 11 is 0. The van der Waals surface area contributed by atoms with Crippen molar-refractivity contribution < 1.29 is 14.6 Å². The summed E-state index contributed by atoms with van der Waals surface area (Å²) in [6.07, 6.45) is 0.226. The molecule has 5 heteroatoms. The molecule has 1 aliphatic heterocycles. The number of rotatable bonds is 4. The van der Waals surface area contributed by atoms with Crippen LogP contribution >= 0.6 is 0 Å². The highest BCUT2D eigenvalue weighted by Gasteiger charge is 2.24. The van der Waals surface area contributed by atoms with Crippen LogP contribution < -0.4 is 10.1 Å². The second kappa shape index (κ2) is 7.36. The Morgan fingerprint density at radius 1 is 1.29 bits per heavy atom. The summed E-state index contributed by atoms with van der Waals surface area (Å²) in [5.41, 5.74) is 2.81. The number of benzene rings is 2. The van der Waals surface area contributed by atoms with E-state index in [-0.39, 0.29) is 6.03 Å². The Kier molecular flexibility index (Phi) is 5.01. The number of urea groups is 1. The molecule has 5 nitrogen and oxygen atoms in total. The van der Waals surface area contributed by atoms with Crippen molar-refractivity contribution in [2.24, 2.45) is 0 Å². The van der Waals surface area contributed by atoms with E-state index in [2.05, 4.69) is 5.32 Å². The number of aliphatic hydroxyl groups is 1. The second-order valence-corrected chi connectivity index (χ2v) is 6.07. The highest BCUT2D eigenvalue weighted by molar-refractivity contribution is 5.90. The number of aryl methyl sites for hydroxylation is 1. The van der Waals surface area contributed by atoms with Gasteiger partial charge in [0, 0.05) is 18.8 Å². The summed E-state index contributed by atoms with van der Waals surface area (Å²) in [6, 6.07) is 15.4. The zero-order valence-corrected chi connectivity index (χ0v) is 13.7. The number of carbonyl (C=O) groups excluding carboxylic acids is 1. The molecular weight excluding hydrogens is 304 g/mol. The van der Waals surface area contributed by atoms with Gasteiger partial charge < -0.3 is 20.1 Å². The average molecular weight is 326 g/mol. The Morgan fingerprint density at radius 3 is 2.75 bits per heavy atom. The molecule has 0 aliphatic carbocycles. The molecule has 3 rings (SSSR count). The van der Waals surface area contributed by atoms with Gasteiger partial charge in [0.15, 0.2) is 0 Å². The van der Waals surface area contributed by atoms with Crippen LogP contribution in [0.25, 0.3) is 0 Å². The van der Waals surface area contributed by atoms with E-state index >= 15 is 0 Å². The summed E-state index contributed by atoms with van der Waals surface area (Å²) in [4.78, 5) is 13.8. The van der Waals surface area contributed by atoms with E-state index in [4.69, 9.17) is 4.74 Å². The first-order valence-electron chi connectivity index (χ1n) is 8.13. The largest absolute Gasteiger partial charge is 0.489 e. The summed E-state index contributed by atoms with van der Waals surface area (Å²) < 4.78 is 5.79. The summed E-state index contributed by atoms with van der Waals surface area (Å²) in [5.74, 6) is 0.769. The lowest BCUT2D eigenvalue weighted by Gasteiger charge is -2.18. The number of likely N-dealkylation sites (tertiary alicyclic amines) is 1. The quantitative estimate of drug-likeness (QED) is 0.907. The van der Waals surface area contributed by atoms with Gasteiger partial charge in [-0.2, -0.15) is 0 Å². The number of amides is 2. The van der Waals surface area contributed by atoms with E-state index in [0.29, 0.717) is 26.1 Å². The molecule has 2 N–H and O–H groups in total. The summed E-state index contributed by atoms with van der Waals surface area (Å²) in [7, 11) is 0. The van der Waals surface area contributed by atoms with E-state index in [0.717, 1.165) is 22.6 Å². The molecule has 2 aromatic carbocycles. The Morgan fingerprint density at radius 2 is 2.08 bits per heavy atom. The molecule has 0 radical (unpaired) electrons. The van der Waals surface area contributed by atoms with Gasteiger partial charge in [0.05, 0.1) is 6.10 Å². The summed E-state index contributed by atoms with van der Waals surface area (Å²) in [5, 5.41) is 12.4. The summed E-state index contributed by atoms with van der Waals surface area (Å²) in [6.45, 7) is 3.43. The van der Waals surface area contributed by atoms with Gasteiger partial charge in [-0.3, -0.25) is 0 Å². The fraction of sp³-hybridized carbons (Fsp3) is 0.316. The topological polar surface area (TPSA) is 61.8 Å². The molecule has 1 saturated heterocycles. The predicted molar refractivity (Wildman–Crippen MR) is 93.2 cm³/mol. The van der Waals surface area contributed by atoms with Gasteiger partial charge in [0.1, 0.15) is 12.4 Å². The lowest BCUT2D eigenvalue weighted by atomic mass is 10.2. The molecule has 1 heterocycles. The molecule has 0 bridgehead atoms. The number of anilines is 1. The minimum absolute atomic E-state index is 0.174. The van der Waals surface area contributed by atoms with E-state index in [1.54, 1.807) is 4.90 Å². The van der Waals surface area contributed by atoms with Gasteiger partial charge in [-0.25, -0.2) is 4.79 Å². The lowest BCUT2D eigenvalue weighted by Crippen LogP contribution is -2.33. The first kappa shape index (κ1) is 16.3. The Bertz CT molecular complexity index is 703. The number of β-amino-alcohol motifs (C(OH)–C–C–N with tert-alkyl or cyclic N) is 1. The Hall–Kier alpha value is -2.53. The van der Waals surface area contributed by atoms with Gasteiger partial charge in [-0.1, -0.05) is 30.3 Å². The number of nitrogens with one attached hydrogen (secondary N) is 1. The van der Waals surface area contributed by atoms with E-state index in [1.165, 1.54) is 0 Å². The number of nitrogens with zero attached hydrogens (tertiary/aromatic N) is 1. The van der Waals surface area contributed by atoms with Crippen molar-refractivity contribution >= 4 is 11.7 Å². The normalized spacial score (nSPS) is 16.9. The number of ether oxygens (including phenoxy) is 1. The minimum atomic E-state index is -0.411. The second-order valence-electron chi connectivity index (χ2n) is 6.07. The molecule has 0 aromatic heterocycles.